The van der Waals surface area contributed by atoms with E-state index in [4.69, 9.17) is 14.7 Å². The second kappa shape index (κ2) is 11.0. The third-order valence-corrected chi connectivity index (χ3v) is 7.57. The van der Waals surface area contributed by atoms with E-state index in [1.54, 1.807) is 23.8 Å². The summed E-state index contributed by atoms with van der Waals surface area (Å²) < 4.78 is 7.03. The fourth-order valence-corrected chi connectivity index (χ4v) is 5.54. The average molecular weight is 524 g/mol. The molecule has 2 fully saturated rings. The lowest BCUT2D eigenvalue weighted by molar-refractivity contribution is -0.126. The lowest BCUT2D eigenvalue weighted by Crippen LogP contribution is -2.35. The number of aromatic nitrogens is 4. The topological polar surface area (TPSA) is 105 Å². The van der Waals surface area contributed by atoms with Crippen LogP contribution in [-0.2, 0) is 16.1 Å². The first-order valence-electron chi connectivity index (χ1n) is 12.8. The van der Waals surface area contributed by atoms with Crippen molar-refractivity contribution in [1.29, 1.82) is 0 Å². The SMILES string of the molecule is COc1ccc(N2CC(C(=O)NCCn3ncc4c(N5CCCC5)nc(SC(C)C)nc43)CC2=O)cc1. The molecule has 0 bridgehead atoms. The molecule has 37 heavy (non-hydrogen) atoms. The van der Waals surface area contributed by atoms with Crippen LogP contribution in [0.5, 0.6) is 5.75 Å². The predicted octanol–water partition coefficient (Wildman–Crippen LogP) is 3.10. The van der Waals surface area contributed by atoms with Gasteiger partial charge in [-0.1, -0.05) is 25.6 Å². The molecule has 2 amide bonds. The lowest BCUT2D eigenvalue weighted by Gasteiger charge is -2.18. The maximum Gasteiger partial charge on any atom is 0.227 e. The van der Waals surface area contributed by atoms with E-state index in [9.17, 15) is 9.59 Å². The van der Waals surface area contributed by atoms with E-state index in [2.05, 4.69) is 29.2 Å². The van der Waals surface area contributed by atoms with Gasteiger partial charge in [-0.05, 0) is 37.1 Å². The van der Waals surface area contributed by atoms with Gasteiger partial charge in [-0.3, -0.25) is 9.59 Å². The molecule has 0 aliphatic carbocycles. The predicted molar refractivity (Wildman–Crippen MR) is 144 cm³/mol. The van der Waals surface area contributed by atoms with Crippen molar-refractivity contribution in [3.63, 3.8) is 0 Å². The summed E-state index contributed by atoms with van der Waals surface area (Å²) in [6, 6.07) is 7.30. The zero-order valence-electron chi connectivity index (χ0n) is 21.5. The highest BCUT2D eigenvalue weighted by atomic mass is 32.2. The van der Waals surface area contributed by atoms with Crippen LogP contribution in [0.2, 0.25) is 0 Å². The van der Waals surface area contributed by atoms with Gasteiger partial charge < -0.3 is 19.9 Å². The first-order valence-corrected chi connectivity index (χ1v) is 13.7. The molecule has 1 aromatic carbocycles. The van der Waals surface area contributed by atoms with Crippen LogP contribution in [0.3, 0.4) is 0 Å². The number of ether oxygens (including phenoxy) is 1. The maximum absolute atomic E-state index is 12.9. The Bertz CT molecular complexity index is 1270. The quantitative estimate of drug-likeness (QED) is 0.337. The Morgan fingerprint density at radius 3 is 2.65 bits per heavy atom. The molecule has 10 nitrogen and oxygen atoms in total. The average Bonchev–Trinajstić information content (AvgIpc) is 3.64. The van der Waals surface area contributed by atoms with Crippen molar-refractivity contribution in [1.82, 2.24) is 25.1 Å². The van der Waals surface area contributed by atoms with Crippen molar-refractivity contribution in [3.05, 3.63) is 30.5 Å². The number of amides is 2. The Morgan fingerprint density at radius 2 is 1.95 bits per heavy atom. The van der Waals surface area contributed by atoms with E-state index in [-0.39, 0.29) is 24.2 Å². The fourth-order valence-electron chi connectivity index (χ4n) is 4.84. The van der Waals surface area contributed by atoms with Crippen LogP contribution in [0.25, 0.3) is 11.0 Å². The van der Waals surface area contributed by atoms with Gasteiger partial charge in [-0.25, -0.2) is 14.6 Å². The van der Waals surface area contributed by atoms with E-state index >= 15 is 0 Å². The normalized spacial score (nSPS) is 17.8. The monoisotopic (exact) mass is 523 g/mol. The van der Waals surface area contributed by atoms with E-state index in [0.29, 0.717) is 24.9 Å². The molecule has 4 heterocycles. The van der Waals surface area contributed by atoms with Crippen LogP contribution < -0.4 is 19.9 Å². The number of rotatable bonds is 9. The van der Waals surface area contributed by atoms with Gasteiger partial charge in [-0.2, -0.15) is 5.10 Å². The number of carbonyl (C=O) groups is 2. The Labute approximate surface area is 220 Å². The summed E-state index contributed by atoms with van der Waals surface area (Å²) in [5, 5.41) is 9.63. The van der Waals surface area contributed by atoms with Gasteiger partial charge in [0.25, 0.3) is 0 Å². The van der Waals surface area contributed by atoms with E-state index in [1.807, 2.05) is 35.1 Å². The van der Waals surface area contributed by atoms with Crippen LogP contribution in [0.1, 0.15) is 33.1 Å². The summed E-state index contributed by atoms with van der Waals surface area (Å²) in [5.74, 6) is 1.11. The van der Waals surface area contributed by atoms with Gasteiger partial charge in [0.2, 0.25) is 11.8 Å². The Morgan fingerprint density at radius 1 is 1.19 bits per heavy atom. The molecule has 11 heteroatoms. The second-order valence-electron chi connectivity index (χ2n) is 9.69. The van der Waals surface area contributed by atoms with Gasteiger partial charge in [0.15, 0.2) is 10.8 Å². The molecule has 2 saturated heterocycles. The molecule has 1 N–H and O–H groups in total. The van der Waals surface area contributed by atoms with E-state index < -0.39 is 0 Å². The summed E-state index contributed by atoms with van der Waals surface area (Å²) in [7, 11) is 1.60. The smallest absolute Gasteiger partial charge is 0.227 e. The number of nitrogens with one attached hydrogen (secondary N) is 1. The third kappa shape index (κ3) is 5.51. The van der Waals surface area contributed by atoms with Crippen LogP contribution >= 0.6 is 11.8 Å². The number of thioether (sulfide) groups is 1. The van der Waals surface area contributed by atoms with Crippen LogP contribution in [-0.4, -0.2) is 70.1 Å². The highest BCUT2D eigenvalue weighted by molar-refractivity contribution is 7.99. The number of methoxy groups -OCH3 is 1. The summed E-state index contributed by atoms with van der Waals surface area (Å²) in [6.45, 7) is 7.50. The first kappa shape index (κ1) is 25.3. The van der Waals surface area contributed by atoms with Gasteiger partial charge in [-0.15, -0.1) is 0 Å². The van der Waals surface area contributed by atoms with Crippen LogP contribution in [0.4, 0.5) is 11.5 Å². The minimum absolute atomic E-state index is 0.0512. The fraction of sp³-hybridized carbons (Fsp3) is 0.500. The van der Waals surface area contributed by atoms with E-state index in [0.717, 1.165) is 59.4 Å². The number of fused-ring (bicyclic) bond motifs is 1. The molecule has 3 aromatic rings. The molecular weight excluding hydrogens is 490 g/mol. The highest BCUT2D eigenvalue weighted by Gasteiger charge is 2.35. The van der Waals surface area contributed by atoms with Gasteiger partial charge in [0.1, 0.15) is 11.6 Å². The minimum atomic E-state index is -0.387. The molecule has 196 valence electrons. The minimum Gasteiger partial charge on any atom is -0.497 e. The van der Waals surface area contributed by atoms with Gasteiger partial charge in [0, 0.05) is 43.5 Å². The summed E-state index contributed by atoms with van der Waals surface area (Å²) in [5.41, 5.74) is 1.56. The number of carbonyl (C=O) groups excluding carboxylic acids is 2. The van der Waals surface area contributed by atoms with Gasteiger partial charge in [0.05, 0.1) is 31.2 Å². The largest absolute Gasteiger partial charge is 0.497 e. The number of hydrogen-bond donors (Lipinski definition) is 1. The number of benzene rings is 1. The second-order valence-corrected chi connectivity index (χ2v) is 11.2. The van der Waals surface area contributed by atoms with Crippen molar-refractivity contribution < 1.29 is 14.3 Å². The number of nitrogens with zero attached hydrogens (tertiary/aromatic N) is 6. The molecule has 1 unspecified atom stereocenters. The van der Waals surface area contributed by atoms with Gasteiger partial charge >= 0.3 is 0 Å². The van der Waals surface area contributed by atoms with Crippen LogP contribution in [0, 0.1) is 5.92 Å². The third-order valence-electron chi connectivity index (χ3n) is 6.71. The first-order chi connectivity index (χ1) is 17.9. The van der Waals surface area contributed by atoms with Crippen LogP contribution in [0.15, 0.2) is 35.6 Å². The van der Waals surface area contributed by atoms with E-state index in [1.165, 1.54) is 0 Å². The molecular formula is C26H33N7O3S. The zero-order valence-corrected chi connectivity index (χ0v) is 22.3. The number of hydrogen-bond acceptors (Lipinski definition) is 8. The standard InChI is InChI=1S/C26H33N7O3S/c1-17(2)37-26-29-23(31-11-4-5-12-31)21-15-28-33(24(21)30-26)13-10-27-25(35)18-14-22(34)32(16-18)19-6-8-20(36-3)9-7-19/h6-9,15,17-18H,4-5,10-14,16H2,1-3H3,(H,27,35). The van der Waals surface area contributed by atoms with Crippen molar-refractivity contribution in [3.8, 4) is 5.75 Å². The van der Waals surface area contributed by atoms with Crippen molar-refractivity contribution in [2.45, 2.75) is 50.1 Å². The maximum atomic E-state index is 12.9. The Kier molecular flexibility index (Phi) is 7.50. The molecule has 2 aliphatic rings. The summed E-state index contributed by atoms with van der Waals surface area (Å²) in [6.07, 6.45) is 4.36. The molecule has 1 atom stereocenters. The number of anilines is 2. The molecule has 5 rings (SSSR count). The molecule has 0 radical (unpaired) electrons. The molecule has 0 spiro atoms. The molecule has 2 aromatic heterocycles. The molecule has 0 saturated carbocycles. The Hall–Kier alpha value is -3.34. The highest BCUT2D eigenvalue weighted by Crippen LogP contribution is 2.31. The Balaban J connectivity index is 1.24. The van der Waals surface area contributed by atoms with Crippen molar-refractivity contribution >= 4 is 46.1 Å². The van der Waals surface area contributed by atoms with Crippen molar-refractivity contribution in [2.24, 2.45) is 5.92 Å². The molecule has 2 aliphatic heterocycles. The summed E-state index contributed by atoms with van der Waals surface area (Å²) >= 11 is 1.64. The zero-order chi connectivity index (χ0) is 25.9. The van der Waals surface area contributed by atoms with Crippen molar-refractivity contribution in [2.75, 3.05) is 43.1 Å². The summed E-state index contributed by atoms with van der Waals surface area (Å²) in [4.78, 5) is 39.1. The lowest BCUT2D eigenvalue weighted by atomic mass is 10.1.